The van der Waals surface area contributed by atoms with E-state index in [9.17, 15) is 14.7 Å². The highest BCUT2D eigenvalue weighted by Crippen LogP contribution is 2.37. The van der Waals surface area contributed by atoms with E-state index in [-0.39, 0.29) is 11.5 Å². The fourth-order valence-electron chi connectivity index (χ4n) is 1.85. The Labute approximate surface area is 134 Å². The molecule has 0 radical (unpaired) electrons. The molecule has 0 spiro atoms. The maximum absolute atomic E-state index is 11.0. The van der Waals surface area contributed by atoms with Gasteiger partial charge in [-0.3, -0.25) is 9.59 Å². The van der Waals surface area contributed by atoms with E-state index in [0.29, 0.717) is 23.5 Å². The van der Waals surface area contributed by atoms with Crippen molar-refractivity contribution in [3.05, 3.63) is 20.8 Å². The second kappa shape index (κ2) is 8.17. The van der Waals surface area contributed by atoms with Gasteiger partial charge in [0.25, 0.3) is 0 Å². The zero-order chi connectivity index (χ0) is 15.2. The van der Waals surface area contributed by atoms with Crippen LogP contribution >= 0.6 is 39.0 Å². The van der Waals surface area contributed by atoms with Crippen molar-refractivity contribution in [3.8, 4) is 0 Å². The Morgan fingerprint density at radius 3 is 2.60 bits per heavy atom. The van der Waals surface area contributed by atoms with E-state index in [1.165, 1.54) is 30.0 Å². The molecule has 1 aromatic rings. The topological polar surface area (TPSA) is 74.6 Å². The number of halogens is 1. The number of carboxylic acids is 1. The Morgan fingerprint density at radius 2 is 2.10 bits per heavy atom. The van der Waals surface area contributed by atoms with Gasteiger partial charge in [0.15, 0.2) is 5.12 Å². The smallest absolute Gasteiger partial charge is 0.306 e. The number of hydrogen-bond acceptors (Lipinski definition) is 5. The van der Waals surface area contributed by atoms with Crippen molar-refractivity contribution in [3.63, 3.8) is 0 Å². The highest BCUT2D eigenvalue weighted by molar-refractivity contribution is 9.11. The van der Waals surface area contributed by atoms with Crippen LogP contribution in [0.15, 0.2) is 15.9 Å². The number of carbonyl (C=O) groups excluding carboxylic acids is 1. The molecule has 0 saturated heterocycles. The Balaban J connectivity index is 2.60. The third-order valence-electron chi connectivity index (χ3n) is 2.77. The van der Waals surface area contributed by atoms with Gasteiger partial charge in [-0.15, -0.1) is 11.3 Å². The molecule has 4 nitrogen and oxygen atoms in total. The van der Waals surface area contributed by atoms with Crippen molar-refractivity contribution in [2.75, 3.05) is 5.75 Å². The first kappa shape index (κ1) is 17.7. The molecule has 0 aliphatic carbocycles. The van der Waals surface area contributed by atoms with Crippen molar-refractivity contribution in [2.45, 2.75) is 38.2 Å². The molecule has 2 N–H and O–H groups in total. The Hall–Kier alpha value is -0.370. The van der Waals surface area contributed by atoms with E-state index >= 15 is 0 Å². The third-order valence-corrected chi connectivity index (χ3v) is 5.48. The summed E-state index contributed by atoms with van der Waals surface area (Å²) in [4.78, 5) is 22.4. The summed E-state index contributed by atoms with van der Waals surface area (Å²) < 4.78 is 0.864. The van der Waals surface area contributed by atoms with Crippen LogP contribution in [0.2, 0.25) is 0 Å². The van der Waals surface area contributed by atoms with Crippen LogP contribution in [0.4, 0.5) is 0 Å². The lowest BCUT2D eigenvalue weighted by molar-refractivity contribution is -0.143. The molecule has 1 heterocycles. The summed E-state index contributed by atoms with van der Waals surface area (Å²) in [6.07, 6.45) is 1.53. The van der Waals surface area contributed by atoms with Gasteiger partial charge in [-0.25, -0.2) is 0 Å². The van der Waals surface area contributed by atoms with Gasteiger partial charge in [-0.2, -0.15) is 0 Å². The zero-order valence-corrected chi connectivity index (χ0v) is 14.3. The molecule has 0 saturated carbocycles. The van der Waals surface area contributed by atoms with E-state index < -0.39 is 11.6 Å². The minimum atomic E-state index is -1.33. The van der Waals surface area contributed by atoms with Crippen LogP contribution in [-0.4, -0.2) is 27.1 Å². The zero-order valence-electron chi connectivity index (χ0n) is 11.1. The molecular formula is C13H17BrO4S2. The normalized spacial score (nSPS) is 13.9. The lowest BCUT2D eigenvalue weighted by Crippen LogP contribution is -2.28. The third kappa shape index (κ3) is 5.95. The number of unbranched alkanes of at least 4 members (excludes halogenated alkanes) is 1. The van der Waals surface area contributed by atoms with Crippen LogP contribution in [0, 0.1) is 0 Å². The van der Waals surface area contributed by atoms with Crippen LogP contribution < -0.4 is 0 Å². The first-order valence-electron chi connectivity index (χ1n) is 6.17. The van der Waals surface area contributed by atoms with Gasteiger partial charge in [-0.1, -0.05) is 11.8 Å². The molecule has 0 bridgehead atoms. The number of carboxylic acid groups (broad SMARTS) is 1. The van der Waals surface area contributed by atoms with Gasteiger partial charge in [0.2, 0.25) is 0 Å². The molecule has 1 unspecified atom stereocenters. The molecule has 1 rings (SSSR count). The highest BCUT2D eigenvalue weighted by atomic mass is 79.9. The highest BCUT2D eigenvalue weighted by Gasteiger charge is 2.33. The van der Waals surface area contributed by atoms with Crippen LogP contribution in [-0.2, 0) is 15.2 Å². The predicted octanol–water partition coefficient (Wildman–Crippen LogP) is 3.62. The minimum absolute atomic E-state index is 0.0768. The van der Waals surface area contributed by atoms with Crippen molar-refractivity contribution < 1.29 is 19.8 Å². The summed E-state index contributed by atoms with van der Waals surface area (Å²) in [5.74, 6) is -0.317. The maximum Gasteiger partial charge on any atom is 0.306 e. The average molecular weight is 381 g/mol. The second-order valence-corrected chi connectivity index (χ2v) is 8.24. The van der Waals surface area contributed by atoms with Crippen LogP contribution in [0.1, 0.15) is 37.5 Å². The van der Waals surface area contributed by atoms with Gasteiger partial charge < -0.3 is 10.2 Å². The summed E-state index contributed by atoms with van der Waals surface area (Å²) >= 11 is 5.92. The van der Waals surface area contributed by atoms with Crippen LogP contribution in [0.5, 0.6) is 0 Å². The van der Waals surface area contributed by atoms with Crippen molar-refractivity contribution in [1.82, 2.24) is 0 Å². The molecule has 7 heteroatoms. The monoisotopic (exact) mass is 380 g/mol. The largest absolute Gasteiger partial charge is 0.481 e. The molecule has 0 aliphatic heterocycles. The molecule has 0 fully saturated rings. The number of aliphatic carboxylic acids is 1. The van der Waals surface area contributed by atoms with E-state index in [0.717, 1.165) is 10.2 Å². The number of hydrogen-bond donors (Lipinski definition) is 2. The lowest BCUT2D eigenvalue weighted by Gasteiger charge is -2.25. The quantitative estimate of drug-likeness (QED) is 0.673. The lowest BCUT2D eigenvalue weighted by atomic mass is 9.91. The van der Waals surface area contributed by atoms with Crippen molar-refractivity contribution >= 4 is 50.1 Å². The number of carbonyl (C=O) groups is 2. The summed E-state index contributed by atoms with van der Waals surface area (Å²) in [6.45, 7) is 1.52. The summed E-state index contributed by atoms with van der Waals surface area (Å²) in [6, 6.07) is 3.56. The standard InChI is InChI=1S/C13H17BrO4S2/c1-9(15)19-7-3-2-6-13(18,8-12(16)17)10-4-5-11(14)20-10/h4-5,18H,2-3,6-8H2,1H3,(H,16,17). The summed E-state index contributed by atoms with van der Waals surface area (Å²) in [5, 5.41) is 19.7. The molecule has 0 amide bonds. The van der Waals surface area contributed by atoms with Crippen molar-refractivity contribution in [1.29, 1.82) is 0 Å². The Kier molecular flexibility index (Phi) is 7.22. The number of thioether (sulfide) groups is 1. The SMILES string of the molecule is CC(=O)SCCCCC(O)(CC(=O)O)c1ccc(Br)s1. The molecule has 0 aromatic carbocycles. The van der Waals surface area contributed by atoms with E-state index in [1.807, 2.05) is 0 Å². The number of thiophene rings is 1. The van der Waals surface area contributed by atoms with Gasteiger partial charge in [0.1, 0.15) is 5.60 Å². The minimum Gasteiger partial charge on any atom is -0.481 e. The van der Waals surface area contributed by atoms with Gasteiger partial charge in [-0.05, 0) is 47.3 Å². The fraction of sp³-hybridized carbons (Fsp3) is 0.538. The number of aliphatic hydroxyl groups is 1. The van der Waals surface area contributed by atoms with Gasteiger partial charge >= 0.3 is 5.97 Å². The van der Waals surface area contributed by atoms with Crippen molar-refractivity contribution in [2.24, 2.45) is 0 Å². The van der Waals surface area contributed by atoms with Gasteiger partial charge in [0.05, 0.1) is 10.2 Å². The van der Waals surface area contributed by atoms with E-state index in [4.69, 9.17) is 5.11 Å². The van der Waals surface area contributed by atoms with E-state index in [1.54, 1.807) is 12.1 Å². The molecule has 1 aromatic heterocycles. The molecule has 0 aliphatic rings. The van der Waals surface area contributed by atoms with Crippen LogP contribution in [0.3, 0.4) is 0 Å². The second-order valence-electron chi connectivity index (χ2n) is 4.50. The first-order chi connectivity index (χ1) is 9.33. The molecule has 112 valence electrons. The maximum atomic E-state index is 11.0. The Morgan fingerprint density at radius 1 is 1.40 bits per heavy atom. The van der Waals surface area contributed by atoms with Gasteiger partial charge in [0, 0.05) is 17.6 Å². The molecule has 1 atom stereocenters. The summed E-state index contributed by atoms with van der Waals surface area (Å²) in [5.41, 5.74) is -1.33. The summed E-state index contributed by atoms with van der Waals surface area (Å²) in [7, 11) is 0. The van der Waals surface area contributed by atoms with Crippen LogP contribution in [0.25, 0.3) is 0 Å². The fourth-order valence-corrected chi connectivity index (χ4v) is 3.99. The van der Waals surface area contributed by atoms with E-state index in [2.05, 4.69) is 15.9 Å². The number of rotatable bonds is 8. The first-order valence-corrected chi connectivity index (χ1v) is 8.76. The Bertz CT molecular complexity index is 475. The molecular weight excluding hydrogens is 364 g/mol. The predicted molar refractivity (Wildman–Crippen MR) is 85.2 cm³/mol. The average Bonchev–Trinajstić information content (AvgIpc) is 2.74. The molecule has 20 heavy (non-hydrogen) atoms.